The van der Waals surface area contributed by atoms with Gasteiger partial charge in [0, 0.05) is 0 Å². The molecule has 2 aromatic carbocycles. The third kappa shape index (κ3) is 2.76. The second kappa shape index (κ2) is 6.17. The molecule has 1 N–H and O–H groups in total. The van der Waals surface area contributed by atoms with Crippen LogP contribution in [0.1, 0.15) is 10.4 Å². The highest BCUT2D eigenvalue weighted by Gasteiger charge is 2.14. The lowest BCUT2D eigenvalue weighted by Crippen LogP contribution is -1.95. The van der Waals surface area contributed by atoms with Gasteiger partial charge in [-0.25, -0.2) is 0 Å². The Morgan fingerprint density at radius 2 is 1.52 bits per heavy atom. The number of aromatic hydroxyl groups is 1. The molecular formula is C16H16O5. The summed E-state index contributed by atoms with van der Waals surface area (Å²) in [5, 5.41) is 9.79. The molecule has 0 atom stereocenters. The van der Waals surface area contributed by atoms with Crippen LogP contribution < -0.4 is 14.2 Å². The molecule has 0 amide bonds. The number of phenolic OH excluding ortho intramolecular Hbond substituents is 1. The number of phenols is 1. The minimum absolute atomic E-state index is 0.0729. The molecule has 0 aliphatic carbocycles. The molecule has 5 heteroatoms. The largest absolute Gasteiger partial charge is 0.507 e. The molecule has 21 heavy (non-hydrogen) atoms. The van der Waals surface area contributed by atoms with Crippen molar-refractivity contribution in [1.29, 1.82) is 0 Å². The van der Waals surface area contributed by atoms with Gasteiger partial charge in [0.1, 0.15) is 5.75 Å². The van der Waals surface area contributed by atoms with Gasteiger partial charge in [-0.15, -0.1) is 0 Å². The van der Waals surface area contributed by atoms with Crippen LogP contribution in [0, 0.1) is 0 Å². The zero-order valence-corrected chi connectivity index (χ0v) is 12.0. The van der Waals surface area contributed by atoms with E-state index in [1.807, 2.05) is 0 Å². The van der Waals surface area contributed by atoms with Crippen molar-refractivity contribution in [2.45, 2.75) is 0 Å². The smallest absolute Gasteiger partial charge is 0.203 e. The normalized spacial score (nSPS) is 10.0. The highest BCUT2D eigenvalue weighted by atomic mass is 16.5. The van der Waals surface area contributed by atoms with E-state index in [1.165, 1.54) is 27.4 Å². The molecule has 0 aliphatic rings. The van der Waals surface area contributed by atoms with Crippen molar-refractivity contribution < 1.29 is 24.1 Å². The van der Waals surface area contributed by atoms with Gasteiger partial charge in [-0.05, 0) is 35.4 Å². The van der Waals surface area contributed by atoms with Gasteiger partial charge >= 0.3 is 0 Å². The first kappa shape index (κ1) is 14.7. The Hall–Kier alpha value is -2.69. The van der Waals surface area contributed by atoms with Crippen LogP contribution in [0.5, 0.6) is 23.0 Å². The predicted molar refractivity (Wildman–Crippen MR) is 78.6 cm³/mol. The molecule has 0 saturated carbocycles. The Morgan fingerprint density at radius 1 is 0.905 bits per heavy atom. The second-order valence-corrected chi connectivity index (χ2v) is 4.31. The first-order valence-corrected chi connectivity index (χ1v) is 6.23. The topological polar surface area (TPSA) is 65.0 Å². The highest BCUT2D eigenvalue weighted by Crippen LogP contribution is 2.41. The standard InChI is InChI=1S/C16H16O5/c1-19-14-7-12(8-15(20-2)16(14)21-3)10-4-5-11(9-17)13(18)6-10/h4-9,18H,1-3H3. The number of carbonyl (C=O) groups is 1. The molecular weight excluding hydrogens is 272 g/mol. The summed E-state index contributed by atoms with van der Waals surface area (Å²) in [6.07, 6.45) is 0.605. The average Bonchev–Trinajstić information content (AvgIpc) is 2.53. The Bertz CT molecular complexity index is 639. The van der Waals surface area contributed by atoms with E-state index in [9.17, 15) is 9.90 Å². The zero-order chi connectivity index (χ0) is 15.4. The Kier molecular flexibility index (Phi) is 4.33. The molecule has 0 aliphatic heterocycles. The molecule has 2 rings (SSSR count). The molecule has 0 unspecified atom stereocenters. The summed E-state index contributed by atoms with van der Waals surface area (Å²) in [5.74, 6) is 1.46. The number of hydrogen-bond donors (Lipinski definition) is 1. The third-order valence-electron chi connectivity index (χ3n) is 3.16. The summed E-state index contributed by atoms with van der Waals surface area (Å²) in [4.78, 5) is 10.7. The Labute approximate surface area is 122 Å². The van der Waals surface area contributed by atoms with Gasteiger partial charge in [-0.3, -0.25) is 4.79 Å². The summed E-state index contributed by atoms with van der Waals surface area (Å²) in [6, 6.07) is 8.36. The van der Waals surface area contributed by atoms with Crippen LogP contribution in [-0.4, -0.2) is 32.7 Å². The summed E-state index contributed by atoms with van der Waals surface area (Å²) in [7, 11) is 4.60. The van der Waals surface area contributed by atoms with Crippen LogP contribution in [0.2, 0.25) is 0 Å². The lowest BCUT2D eigenvalue weighted by atomic mass is 10.0. The molecule has 2 aromatic rings. The highest BCUT2D eigenvalue weighted by molar-refractivity contribution is 5.82. The quantitative estimate of drug-likeness (QED) is 0.857. The minimum atomic E-state index is -0.0729. The van der Waals surface area contributed by atoms with E-state index >= 15 is 0 Å². The van der Waals surface area contributed by atoms with Gasteiger partial charge < -0.3 is 19.3 Å². The summed E-state index contributed by atoms with van der Waals surface area (Å²) in [6.45, 7) is 0. The molecule has 110 valence electrons. The van der Waals surface area contributed by atoms with Crippen LogP contribution in [-0.2, 0) is 0 Å². The lowest BCUT2D eigenvalue weighted by Gasteiger charge is -2.14. The first-order valence-electron chi connectivity index (χ1n) is 6.23. The van der Waals surface area contributed by atoms with E-state index < -0.39 is 0 Å². The van der Waals surface area contributed by atoms with Crippen molar-refractivity contribution in [2.24, 2.45) is 0 Å². The molecule has 0 bridgehead atoms. The Balaban J connectivity index is 2.58. The number of carbonyl (C=O) groups excluding carboxylic acids is 1. The van der Waals surface area contributed by atoms with Crippen molar-refractivity contribution in [1.82, 2.24) is 0 Å². The van der Waals surface area contributed by atoms with Gasteiger partial charge in [-0.2, -0.15) is 0 Å². The molecule has 0 fully saturated rings. The monoisotopic (exact) mass is 288 g/mol. The maximum absolute atomic E-state index is 10.7. The van der Waals surface area contributed by atoms with Crippen molar-refractivity contribution in [3.63, 3.8) is 0 Å². The van der Waals surface area contributed by atoms with Crippen LogP contribution in [0.3, 0.4) is 0 Å². The van der Waals surface area contributed by atoms with Gasteiger partial charge in [-0.1, -0.05) is 6.07 Å². The predicted octanol–water partition coefficient (Wildman–Crippen LogP) is 2.90. The Morgan fingerprint density at radius 3 is 1.95 bits per heavy atom. The number of rotatable bonds is 5. The van der Waals surface area contributed by atoms with Crippen LogP contribution in [0.15, 0.2) is 30.3 Å². The SMILES string of the molecule is COc1cc(-c2ccc(C=O)c(O)c2)cc(OC)c1OC. The van der Waals surface area contributed by atoms with E-state index in [2.05, 4.69) is 0 Å². The third-order valence-corrected chi connectivity index (χ3v) is 3.16. The van der Waals surface area contributed by atoms with Gasteiger partial charge in [0.15, 0.2) is 17.8 Å². The molecule has 0 radical (unpaired) electrons. The number of hydrogen-bond acceptors (Lipinski definition) is 5. The maximum atomic E-state index is 10.7. The van der Waals surface area contributed by atoms with Crippen LogP contribution in [0.25, 0.3) is 11.1 Å². The average molecular weight is 288 g/mol. The van der Waals surface area contributed by atoms with Gasteiger partial charge in [0.25, 0.3) is 0 Å². The summed E-state index contributed by atoms with van der Waals surface area (Å²) >= 11 is 0. The van der Waals surface area contributed by atoms with Crippen molar-refractivity contribution in [3.05, 3.63) is 35.9 Å². The first-order chi connectivity index (χ1) is 10.1. The maximum Gasteiger partial charge on any atom is 0.203 e. The lowest BCUT2D eigenvalue weighted by molar-refractivity contribution is 0.112. The molecule has 0 heterocycles. The fraction of sp³-hybridized carbons (Fsp3) is 0.188. The minimum Gasteiger partial charge on any atom is -0.507 e. The van der Waals surface area contributed by atoms with Crippen molar-refractivity contribution >= 4 is 6.29 Å². The van der Waals surface area contributed by atoms with Gasteiger partial charge in [0.05, 0.1) is 26.9 Å². The van der Waals surface area contributed by atoms with Crippen LogP contribution in [0.4, 0.5) is 0 Å². The fourth-order valence-corrected chi connectivity index (χ4v) is 2.07. The number of methoxy groups -OCH3 is 3. The zero-order valence-electron chi connectivity index (χ0n) is 12.0. The van der Waals surface area contributed by atoms with Crippen molar-refractivity contribution in [3.8, 4) is 34.1 Å². The fourth-order valence-electron chi connectivity index (χ4n) is 2.07. The van der Waals surface area contributed by atoms with E-state index in [0.29, 0.717) is 23.5 Å². The van der Waals surface area contributed by atoms with E-state index in [1.54, 1.807) is 24.3 Å². The number of ether oxygens (including phenoxy) is 3. The molecule has 0 saturated heterocycles. The van der Waals surface area contributed by atoms with E-state index in [0.717, 1.165) is 11.1 Å². The van der Waals surface area contributed by atoms with E-state index in [-0.39, 0.29) is 11.3 Å². The number of aldehydes is 1. The second-order valence-electron chi connectivity index (χ2n) is 4.31. The number of benzene rings is 2. The van der Waals surface area contributed by atoms with Crippen LogP contribution >= 0.6 is 0 Å². The molecule has 5 nitrogen and oxygen atoms in total. The van der Waals surface area contributed by atoms with E-state index in [4.69, 9.17) is 14.2 Å². The van der Waals surface area contributed by atoms with Gasteiger partial charge in [0.2, 0.25) is 5.75 Å². The summed E-state index contributed by atoms with van der Waals surface area (Å²) in [5.41, 5.74) is 1.75. The molecule has 0 spiro atoms. The summed E-state index contributed by atoms with van der Waals surface area (Å²) < 4.78 is 15.8. The molecule has 0 aromatic heterocycles. The van der Waals surface area contributed by atoms with Crippen molar-refractivity contribution in [2.75, 3.05) is 21.3 Å².